The van der Waals surface area contributed by atoms with Crippen molar-refractivity contribution in [1.29, 1.82) is 0 Å². The molecule has 0 unspecified atom stereocenters. The molecule has 3 rings (SSSR count). The Hall–Kier alpha value is -2.89. The van der Waals surface area contributed by atoms with E-state index in [0.29, 0.717) is 6.54 Å². The van der Waals surface area contributed by atoms with Crippen LogP contribution in [0.1, 0.15) is 19.4 Å². The molecular formula is C17H19N5O. The summed E-state index contributed by atoms with van der Waals surface area (Å²) in [5.74, 6) is 0.800. The molecule has 6 nitrogen and oxygen atoms in total. The molecule has 1 aromatic carbocycles. The Morgan fingerprint density at radius 2 is 2.00 bits per heavy atom. The molecule has 0 aliphatic rings. The lowest BCUT2D eigenvalue weighted by Gasteiger charge is -2.10. The van der Waals surface area contributed by atoms with Gasteiger partial charge in [-0.05, 0) is 37.6 Å². The van der Waals surface area contributed by atoms with Gasteiger partial charge >= 0.3 is 6.03 Å². The first-order valence-electron chi connectivity index (χ1n) is 7.55. The summed E-state index contributed by atoms with van der Waals surface area (Å²) in [7, 11) is 0. The van der Waals surface area contributed by atoms with Crippen molar-refractivity contribution in [2.75, 3.05) is 0 Å². The summed E-state index contributed by atoms with van der Waals surface area (Å²) >= 11 is 0. The Labute approximate surface area is 134 Å². The topological polar surface area (TPSA) is 71.8 Å². The molecule has 23 heavy (non-hydrogen) atoms. The number of rotatable bonds is 4. The number of urea groups is 1. The highest BCUT2D eigenvalue weighted by atomic mass is 16.2. The predicted molar refractivity (Wildman–Crippen MR) is 89.4 cm³/mol. The zero-order valence-corrected chi connectivity index (χ0v) is 13.2. The van der Waals surface area contributed by atoms with Crippen LogP contribution in [0.15, 0.2) is 48.9 Å². The molecule has 2 aromatic heterocycles. The van der Waals surface area contributed by atoms with Gasteiger partial charge in [-0.1, -0.05) is 18.2 Å². The Morgan fingerprint density at radius 1 is 1.17 bits per heavy atom. The molecule has 2 N–H and O–H groups in total. The van der Waals surface area contributed by atoms with Crippen LogP contribution in [0.3, 0.4) is 0 Å². The summed E-state index contributed by atoms with van der Waals surface area (Å²) in [6.45, 7) is 4.28. The number of aromatic nitrogens is 3. The molecule has 3 aromatic rings. The Morgan fingerprint density at radius 3 is 2.74 bits per heavy atom. The van der Waals surface area contributed by atoms with Gasteiger partial charge in [0.05, 0.1) is 11.0 Å². The number of carbonyl (C=O) groups excluding carboxylic acids is 1. The number of benzene rings is 1. The van der Waals surface area contributed by atoms with E-state index in [-0.39, 0.29) is 12.1 Å². The first-order valence-corrected chi connectivity index (χ1v) is 7.55. The summed E-state index contributed by atoms with van der Waals surface area (Å²) < 4.78 is 1.94. The molecule has 0 spiro atoms. The maximum atomic E-state index is 11.6. The SMILES string of the molecule is CC(C)NC(=O)NCc1ccc(-n2cnc3ccccc32)nc1. The van der Waals surface area contributed by atoms with E-state index in [1.165, 1.54) is 0 Å². The molecule has 0 saturated heterocycles. The molecule has 2 amide bonds. The molecule has 2 heterocycles. The second kappa shape index (κ2) is 6.48. The lowest BCUT2D eigenvalue weighted by molar-refractivity contribution is 0.238. The Kier molecular flexibility index (Phi) is 4.23. The van der Waals surface area contributed by atoms with E-state index in [0.717, 1.165) is 22.4 Å². The van der Waals surface area contributed by atoms with Crippen molar-refractivity contribution >= 4 is 17.1 Å². The number of para-hydroxylation sites is 2. The Balaban J connectivity index is 1.71. The van der Waals surface area contributed by atoms with Crippen molar-refractivity contribution in [2.24, 2.45) is 0 Å². The van der Waals surface area contributed by atoms with Crippen molar-refractivity contribution in [2.45, 2.75) is 26.4 Å². The van der Waals surface area contributed by atoms with Gasteiger partial charge in [-0.2, -0.15) is 0 Å². The van der Waals surface area contributed by atoms with Crippen LogP contribution in [0.5, 0.6) is 0 Å². The normalized spacial score (nSPS) is 10.9. The van der Waals surface area contributed by atoms with Gasteiger partial charge in [0.2, 0.25) is 0 Å². The predicted octanol–water partition coefficient (Wildman–Crippen LogP) is 2.63. The van der Waals surface area contributed by atoms with Crippen LogP contribution in [0.4, 0.5) is 4.79 Å². The molecule has 118 valence electrons. The minimum Gasteiger partial charge on any atom is -0.336 e. The molecule has 0 bridgehead atoms. The molecule has 0 saturated carbocycles. The summed E-state index contributed by atoms with van der Waals surface area (Å²) in [5, 5.41) is 5.59. The maximum absolute atomic E-state index is 11.6. The first kappa shape index (κ1) is 15.0. The van der Waals surface area contributed by atoms with E-state index in [1.807, 2.05) is 54.8 Å². The number of fused-ring (bicyclic) bond motifs is 1. The molecule has 0 fully saturated rings. The minimum atomic E-state index is -0.176. The van der Waals surface area contributed by atoms with Crippen LogP contribution in [0.25, 0.3) is 16.9 Å². The standard InChI is InChI=1S/C17H19N5O/c1-12(2)21-17(23)19-10-13-7-8-16(18-9-13)22-11-20-14-5-3-4-6-15(14)22/h3-9,11-12H,10H2,1-2H3,(H2,19,21,23). The first-order chi connectivity index (χ1) is 11.1. The molecule has 0 atom stereocenters. The zero-order chi connectivity index (χ0) is 16.2. The average molecular weight is 309 g/mol. The number of imidazole rings is 1. The smallest absolute Gasteiger partial charge is 0.315 e. The number of carbonyl (C=O) groups is 1. The van der Waals surface area contributed by atoms with E-state index in [4.69, 9.17) is 0 Å². The minimum absolute atomic E-state index is 0.116. The quantitative estimate of drug-likeness (QED) is 0.778. The van der Waals surface area contributed by atoms with E-state index < -0.39 is 0 Å². The van der Waals surface area contributed by atoms with E-state index >= 15 is 0 Å². The summed E-state index contributed by atoms with van der Waals surface area (Å²) in [6.07, 6.45) is 3.53. The second-order valence-electron chi connectivity index (χ2n) is 5.61. The highest BCUT2D eigenvalue weighted by Gasteiger charge is 2.06. The van der Waals surface area contributed by atoms with Crippen molar-refractivity contribution in [3.63, 3.8) is 0 Å². The fourth-order valence-corrected chi connectivity index (χ4v) is 2.30. The van der Waals surface area contributed by atoms with Gasteiger partial charge in [0.15, 0.2) is 0 Å². The number of nitrogens with zero attached hydrogens (tertiary/aromatic N) is 3. The second-order valence-corrected chi connectivity index (χ2v) is 5.61. The monoisotopic (exact) mass is 309 g/mol. The molecule has 6 heteroatoms. The third-order valence-corrected chi connectivity index (χ3v) is 3.38. The van der Waals surface area contributed by atoms with Crippen LogP contribution >= 0.6 is 0 Å². The highest BCUT2D eigenvalue weighted by Crippen LogP contribution is 2.16. The van der Waals surface area contributed by atoms with Crippen molar-refractivity contribution in [3.05, 3.63) is 54.5 Å². The Bertz CT molecular complexity index is 807. The third kappa shape index (κ3) is 3.48. The van der Waals surface area contributed by atoms with Gasteiger partial charge in [0.25, 0.3) is 0 Å². The van der Waals surface area contributed by atoms with Crippen molar-refractivity contribution in [3.8, 4) is 5.82 Å². The van der Waals surface area contributed by atoms with Crippen LogP contribution in [0, 0.1) is 0 Å². The summed E-state index contributed by atoms with van der Waals surface area (Å²) in [6, 6.07) is 11.7. The van der Waals surface area contributed by atoms with E-state index in [1.54, 1.807) is 12.5 Å². The summed E-state index contributed by atoms with van der Waals surface area (Å²) in [5.41, 5.74) is 2.89. The fourth-order valence-electron chi connectivity index (χ4n) is 2.30. The molecule has 0 radical (unpaired) electrons. The van der Waals surface area contributed by atoms with Gasteiger partial charge in [0.1, 0.15) is 12.1 Å². The van der Waals surface area contributed by atoms with Gasteiger partial charge in [-0.15, -0.1) is 0 Å². The third-order valence-electron chi connectivity index (χ3n) is 3.38. The number of hydrogen-bond donors (Lipinski definition) is 2. The number of pyridine rings is 1. The number of amides is 2. The van der Waals surface area contributed by atoms with Crippen LogP contribution in [0.2, 0.25) is 0 Å². The largest absolute Gasteiger partial charge is 0.336 e. The van der Waals surface area contributed by atoms with Crippen LogP contribution < -0.4 is 10.6 Å². The lowest BCUT2D eigenvalue weighted by Crippen LogP contribution is -2.39. The fraction of sp³-hybridized carbons (Fsp3) is 0.235. The summed E-state index contributed by atoms with van der Waals surface area (Å²) in [4.78, 5) is 20.4. The average Bonchev–Trinajstić information content (AvgIpc) is 2.97. The lowest BCUT2D eigenvalue weighted by atomic mass is 10.2. The number of nitrogens with one attached hydrogen (secondary N) is 2. The van der Waals surface area contributed by atoms with Crippen LogP contribution in [-0.2, 0) is 6.54 Å². The van der Waals surface area contributed by atoms with Gasteiger partial charge in [0, 0.05) is 18.8 Å². The van der Waals surface area contributed by atoms with E-state index in [2.05, 4.69) is 20.6 Å². The van der Waals surface area contributed by atoms with Crippen LogP contribution in [-0.4, -0.2) is 26.6 Å². The zero-order valence-electron chi connectivity index (χ0n) is 13.2. The van der Waals surface area contributed by atoms with Gasteiger partial charge in [-0.25, -0.2) is 14.8 Å². The highest BCUT2D eigenvalue weighted by molar-refractivity contribution is 5.76. The maximum Gasteiger partial charge on any atom is 0.315 e. The molecular weight excluding hydrogens is 290 g/mol. The van der Waals surface area contributed by atoms with E-state index in [9.17, 15) is 4.79 Å². The van der Waals surface area contributed by atoms with Crippen molar-refractivity contribution < 1.29 is 4.79 Å². The molecule has 0 aliphatic heterocycles. The molecule has 0 aliphatic carbocycles. The number of hydrogen-bond acceptors (Lipinski definition) is 3. The van der Waals surface area contributed by atoms with Gasteiger partial charge < -0.3 is 10.6 Å². The van der Waals surface area contributed by atoms with Crippen molar-refractivity contribution in [1.82, 2.24) is 25.2 Å². The van der Waals surface area contributed by atoms with Gasteiger partial charge in [-0.3, -0.25) is 4.57 Å².